The number of sulfone groups is 1. The second-order valence-corrected chi connectivity index (χ2v) is 11.7. The molecule has 2 aromatic carbocycles. The van der Waals surface area contributed by atoms with E-state index in [2.05, 4.69) is 67.7 Å². The Morgan fingerprint density at radius 3 is 2.44 bits per heavy atom. The van der Waals surface area contributed by atoms with Crippen molar-refractivity contribution in [2.24, 2.45) is 0 Å². The van der Waals surface area contributed by atoms with Crippen LogP contribution in [0.15, 0.2) is 48.5 Å². The zero-order valence-electron chi connectivity index (χ0n) is 19.8. The fraction of sp³-hybridized carbons (Fsp3) is 0.556. The monoisotopic (exact) mass is 477 g/mol. The van der Waals surface area contributed by atoms with Crippen LogP contribution in [0.4, 0.5) is 0 Å². The summed E-state index contributed by atoms with van der Waals surface area (Å²) in [6.07, 6.45) is 6.70. The lowest BCUT2D eigenvalue weighted by molar-refractivity contribution is 0.359. The summed E-state index contributed by atoms with van der Waals surface area (Å²) in [6.45, 7) is 6.40. The van der Waals surface area contributed by atoms with Gasteiger partial charge in [-0.05, 0) is 67.2 Å². The number of unbranched alkanes of at least 4 members (excludes halogenated alkanes) is 1. The number of hydrogen-bond acceptors (Lipinski definition) is 3. The minimum atomic E-state index is -2.87. The number of benzene rings is 2. The van der Waals surface area contributed by atoms with Crippen LogP contribution in [0.25, 0.3) is 0 Å². The summed E-state index contributed by atoms with van der Waals surface area (Å²) in [4.78, 5) is 0. The van der Waals surface area contributed by atoms with Crippen LogP contribution in [0, 0.1) is 0 Å². The predicted molar refractivity (Wildman–Crippen MR) is 139 cm³/mol. The second-order valence-electron chi connectivity index (χ2n) is 9.40. The summed E-state index contributed by atoms with van der Waals surface area (Å²) in [5.74, 6) is 1.11. The molecule has 0 fully saturated rings. The smallest absolute Gasteiger partial charge is 0.150 e. The highest BCUT2D eigenvalue weighted by Gasteiger charge is 2.30. The zero-order chi connectivity index (χ0) is 22.3. The molecule has 1 aliphatic rings. The Morgan fingerprint density at radius 2 is 1.75 bits per heavy atom. The molecular weight excluding hydrogens is 438 g/mol. The minimum Gasteiger partial charge on any atom is -0.311 e. The van der Waals surface area contributed by atoms with Crippen molar-refractivity contribution >= 4 is 22.2 Å². The Morgan fingerprint density at radius 1 is 1.00 bits per heavy atom. The van der Waals surface area contributed by atoms with Gasteiger partial charge in [-0.15, -0.1) is 12.4 Å². The maximum Gasteiger partial charge on any atom is 0.150 e. The Hall–Kier alpha value is -1.36. The van der Waals surface area contributed by atoms with Gasteiger partial charge >= 0.3 is 0 Å². The van der Waals surface area contributed by atoms with Crippen LogP contribution >= 0.6 is 12.4 Å². The molecular formula is C27H40ClNO2S. The van der Waals surface area contributed by atoms with Crippen molar-refractivity contribution in [3.05, 3.63) is 70.8 Å². The third-order valence-corrected chi connectivity index (χ3v) is 8.29. The third-order valence-electron chi connectivity index (χ3n) is 6.35. The molecule has 32 heavy (non-hydrogen) atoms. The molecule has 3 rings (SSSR count). The van der Waals surface area contributed by atoms with Gasteiger partial charge < -0.3 is 5.32 Å². The van der Waals surface area contributed by atoms with Crippen LogP contribution in [0.1, 0.15) is 74.6 Å². The average Bonchev–Trinajstić information content (AvgIpc) is 2.73. The lowest BCUT2D eigenvalue weighted by Crippen LogP contribution is -2.42. The molecule has 0 aromatic heterocycles. The van der Waals surface area contributed by atoms with Crippen molar-refractivity contribution in [1.82, 2.24) is 5.32 Å². The first-order valence-corrected chi connectivity index (χ1v) is 13.8. The van der Waals surface area contributed by atoms with E-state index in [-0.39, 0.29) is 12.4 Å². The number of rotatable bonds is 11. The van der Waals surface area contributed by atoms with Crippen molar-refractivity contribution in [3.63, 3.8) is 0 Å². The largest absolute Gasteiger partial charge is 0.311 e. The summed E-state index contributed by atoms with van der Waals surface area (Å²) in [5.41, 5.74) is 5.71. The van der Waals surface area contributed by atoms with Crippen molar-refractivity contribution in [2.45, 2.75) is 83.7 Å². The van der Waals surface area contributed by atoms with Gasteiger partial charge in [0.15, 0.2) is 0 Å². The van der Waals surface area contributed by atoms with E-state index in [0.717, 1.165) is 32.1 Å². The molecule has 0 bridgehead atoms. The lowest BCUT2D eigenvalue weighted by atomic mass is 9.75. The van der Waals surface area contributed by atoms with Gasteiger partial charge in [0.25, 0.3) is 0 Å². The van der Waals surface area contributed by atoms with Gasteiger partial charge in [-0.3, -0.25) is 0 Å². The van der Waals surface area contributed by atoms with Crippen LogP contribution in [0.5, 0.6) is 0 Å². The standard InChI is InChI=1S/C27H39NO2S.ClH/c1-4-17-31(29,30)18-9-8-12-23-13-14-24-15-16-27(28-21(2)3)26(25(24)19-23)20-22-10-6-5-7-11-22;/h5-7,10-11,13-14,19,21,26-28H,4,8-9,12,15-18,20H2,1-3H3;1H. The molecule has 0 aliphatic heterocycles. The van der Waals surface area contributed by atoms with Crippen LogP contribution < -0.4 is 5.32 Å². The topological polar surface area (TPSA) is 46.2 Å². The SMILES string of the molecule is CCCS(=O)(=O)CCCCc1ccc2c(c1)C(Cc1ccccc1)C(NC(C)C)CC2.Cl. The molecule has 3 nitrogen and oxygen atoms in total. The first-order chi connectivity index (χ1) is 14.9. The van der Waals surface area contributed by atoms with Crippen molar-refractivity contribution in [3.8, 4) is 0 Å². The molecule has 2 atom stereocenters. The van der Waals surface area contributed by atoms with Crippen LogP contribution in [0.3, 0.4) is 0 Å². The quantitative estimate of drug-likeness (QED) is 0.410. The summed E-state index contributed by atoms with van der Waals surface area (Å²) < 4.78 is 23.9. The summed E-state index contributed by atoms with van der Waals surface area (Å²) >= 11 is 0. The predicted octanol–water partition coefficient (Wildman–Crippen LogP) is 5.90. The van der Waals surface area contributed by atoms with Crippen molar-refractivity contribution < 1.29 is 8.42 Å². The molecule has 0 saturated heterocycles. The number of halogens is 1. The second kappa shape index (κ2) is 12.8. The average molecular weight is 478 g/mol. The Labute approximate surface area is 201 Å². The Kier molecular flexibility index (Phi) is 10.7. The van der Waals surface area contributed by atoms with Crippen molar-refractivity contribution in [2.75, 3.05) is 11.5 Å². The molecule has 0 amide bonds. The van der Waals surface area contributed by atoms with Gasteiger partial charge in [0, 0.05) is 23.8 Å². The van der Waals surface area contributed by atoms with Gasteiger partial charge in [-0.25, -0.2) is 8.42 Å². The zero-order valence-corrected chi connectivity index (χ0v) is 21.5. The molecule has 1 aliphatic carbocycles. The van der Waals surface area contributed by atoms with Gasteiger partial charge in [-0.1, -0.05) is 69.3 Å². The molecule has 178 valence electrons. The van der Waals surface area contributed by atoms with Gasteiger partial charge in [0.05, 0.1) is 5.75 Å². The maximum atomic E-state index is 12.0. The molecule has 5 heteroatoms. The fourth-order valence-electron chi connectivity index (χ4n) is 4.91. The van der Waals surface area contributed by atoms with Crippen molar-refractivity contribution in [1.29, 1.82) is 0 Å². The van der Waals surface area contributed by atoms with E-state index >= 15 is 0 Å². The van der Waals surface area contributed by atoms with E-state index in [1.807, 2.05) is 6.92 Å². The van der Waals surface area contributed by atoms with Gasteiger partial charge in [0.1, 0.15) is 9.84 Å². The Balaban J connectivity index is 0.00000363. The van der Waals surface area contributed by atoms with E-state index in [1.165, 1.54) is 28.7 Å². The maximum absolute atomic E-state index is 12.0. The van der Waals surface area contributed by atoms with E-state index < -0.39 is 9.84 Å². The highest BCUT2D eigenvalue weighted by molar-refractivity contribution is 7.91. The van der Waals surface area contributed by atoms with E-state index in [1.54, 1.807) is 0 Å². The molecule has 0 heterocycles. The Bertz CT molecular complexity index is 928. The fourth-order valence-corrected chi connectivity index (χ4v) is 6.38. The minimum absolute atomic E-state index is 0. The summed E-state index contributed by atoms with van der Waals surface area (Å²) in [7, 11) is -2.87. The van der Waals surface area contributed by atoms with Gasteiger partial charge in [-0.2, -0.15) is 0 Å². The van der Waals surface area contributed by atoms with E-state index in [9.17, 15) is 8.42 Å². The number of fused-ring (bicyclic) bond motifs is 1. The molecule has 2 aromatic rings. The lowest BCUT2D eigenvalue weighted by Gasteiger charge is -2.36. The highest BCUT2D eigenvalue weighted by Crippen LogP contribution is 2.35. The first kappa shape index (κ1) is 26.9. The normalized spacial score (nSPS) is 18.2. The molecule has 2 unspecified atom stereocenters. The molecule has 1 N–H and O–H groups in total. The summed E-state index contributed by atoms with van der Waals surface area (Å²) in [6, 6.07) is 18.8. The highest BCUT2D eigenvalue weighted by atomic mass is 35.5. The van der Waals surface area contributed by atoms with Crippen LogP contribution in [0.2, 0.25) is 0 Å². The number of nitrogens with one attached hydrogen (secondary N) is 1. The number of hydrogen-bond donors (Lipinski definition) is 1. The first-order valence-electron chi connectivity index (χ1n) is 12.0. The van der Waals surface area contributed by atoms with E-state index in [0.29, 0.717) is 35.9 Å². The third kappa shape index (κ3) is 7.90. The molecule has 0 spiro atoms. The van der Waals surface area contributed by atoms with Gasteiger partial charge in [0.2, 0.25) is 0 Å². The van der Waals surface area contributed by atoms with E-state index in [4.69, 9.17) is 0 Å². The van der Waals surface area contributed by atoms with Crippen LogP contribution in [-0.4, -0.2) is 32.0 Å². The molecule has 0 radical (unpaired) electrons. The summed E-state index contributed by atoms with van der Waals surface area (Å²) in [5, 5.41) is 3.83. The number of aryl methyl sites for hydroxylation is 2. The molecule has 0 saturated carbocycles. The van der Waals surface area contributed by atoms with Crippen LogP contribution in [-0.2, 0) is 29.1 Å².